The molecule has 0 spiro atoms. The van der Waals surface area contributed by atoms with Crippen molar-refractivity contribution in [1.29, 1.82) is 0 Å². The van der Waals surface area contributed by atoms with Crippen LogP contribution in [-0.4, -0.2) is 11.2 Å². The molecule has 1 fully saturated rings. The summed E-state index contributed by atoms with van der Waals surface area (Å²) in [5.41, 5.74) is 2.86. The molecular weight excluding hydrogens is 252 g/mol. The van der Waals surface area contributed by atoms with Crippen molar-refractivity contribution in [2.45, 2.75) is 52.5 Å². The lowest BCUT2D eigenvalue weighted by molar-refractivity contribution is 0.372. The van der Waals surface area contributed by atoms with Gasteiger partial charge < -0.3 is 10.6 Å². The number of aryl methyl sites for hydroxylation is 1. The number of hydrogen-bond donors (Lipinski definition) is 2. The Hall–Kier alpha value is -1.09. The Morgan fingerprint density at radius 3 is 2.84 bits per heavy atom. The van der Waals surface area contributed by atoms with E-state index in [1.165, 1.54) is 24.8 Å². The Kier molecular flexibility index (Phi) is 4.46. The molecule has 0 radical (unpaired) electrons. The van der Waals surface area contributed by atoms with Crippen molar-refractivity contribution in [1.82, 2.24) is 5.32 Å². The lowest BCUT2D eigenvalue weighted by Gasteiger charge is -2.19. The largest absolute Gasteiger partial charge is 0.360 e. The van der Waals surface area contributed by atoms with Gasteiger partial charge >= 0.3 is 0 Å². The molecule has 1 aromatic rings. The maximum atomic E-state index is 5.40. The number of nitrogens with one attached hydrogen (secondary N) is 2. The molecule has 2 rings (SSSR count). The minimum Gasteiger partial charge on any atom is -0.360 e. The smallest absolute Gasteiger partial charge is 0.170 e. The van der Waals surface area contributed by atoms with E-state index >= 15 is 0 Å². The molecule has 0 bridgehead atoms. The molecule has 0 saturated heterocycles. The highest BCUT2D eigenvalue weighted by molar-refractivity contribution is 7.80. The molecule has 0 heterocycles. The Morgan fingerprint density at radius 2 is 2.21 bits per heavy atom. The van der Waals surface area contributed by atoms with Crippen molar-refractivity contribution >= 4 is 23.0 Å². The van der Waals surface area contributed by atoms with Gasteiger partial charge in [-0.2, -0.15) is 0 Å². The predicted octanol–water partition coefficient (Wildman–Crippen LogP) is 4.11. The van der Waals surface area contributed by atoms with Gasteiger partial charge in [-0.05, 0) is 61.0 Å². The molecule has 0 amide bonds. The maximum absolute atomic E-state index is 5.40. The molecule has 1 saturated carbocycles. The number of hydrogen-bond acceptors (Lipinski definition) is 1. The first-order valence-corrected chi connectivity index (χ1v) is 7.56. The van der Waals surface area contributed by atoms with Crippen LogP contribution in [0.4, 0.5) is 5.69 Å². The van der Waals surface area contributed by atoms with E-state index in [9.17, 15) is 0 Å². The van der Waals surface area contributed by atoms with Crippen molar-refractivity contribution in [2.75, 3.05) is 5.32 Å². The highest BCUT2D eigenvalue weighted by Gasteiger charge is 2.31. The molecule has 2 N–H and O–H groups in total. The van der Waals surface area contributed by atoms with Crippen LogP contribution in [0.15, 0.2) is 24.3 Å². The molecule has 19 heavy (non-hydrogen) atoms. The van der Waals surface area contributed by atoms with Crippen LogP contribution in [0.5, 0.6) is 0 Å². The van der Waals surface area contributed by atoms with Gasteiger partial charge in [-0.3, -0.25) is 0 Å². The molecule has 2 nitrogen and oxygen atoms in total. The fourth-order valence-electron chi connectivity index (χ4n) is 2.78. The molecule has 104 valence electrons. The number of benzene rings is 1. The van der Waals surface area contributed by atoms with Crippen molar-refractivity contribution < 1.29 is 0 Å². The Bertz CT molecular complexity index is 454. The zero-order valence-corrected chi connectivity index (χ0v) is 12.9. The highest BCUT2D eigenvalue weighted by atomic mass is 32.1. The molecule has 1 unspecified atom stereocenters. The van der Waals surface area contributed by atoms with Crippen LogP contribution in [0.3, 0.4) is 0 Å². The summed E-state index contributed by atoms with van der Waals surface area (Å²) >= 11 is 5.40. The quantitative estimate of drug-likeness (QED) is 0.812. The fourth-order valence-corrected chi connectivity index (χ4v) is 3.07. The highest BCUT2D eigenvalue weighted by Crippen LogP contribution is 2.36. The third-order valence-corrected chi connectivity index (χ3v) is 4.12. The third-order valence-electron chi connectivity index (χ3n) is 3.90. The number of thiocarbonyl (C=S) groups is 1. The minimum atomic E-state index is 0.454. The van der Waals surface area contributed by atoms with Crippen LogP contribution >= 0.6 is 12.2 Å². The first-order chi connectivity index (χ1) is 8.98. The molecule has 0 aliphatic heterocycles. The van der Waals surface area contributed by atoms with Crippen LogP contribution in [0.25, 0.3) is 0 Å². The number of rotatable bonds is 3. The SMILES string of the molecule is CCc1cccc(NC(=S)NC2CCC(C)(C)C2)c1. The van der Waals surface area contributed by atoms with Crippen LogP contribution in [0, 0.1) is 5.41 Å². The van der Waals surface area contributed by atoms with Gasteiger partial charge in [0.2, 0.25) is 0 Å². The summed E-state index contributed by atoms with van der Waals surface area (Å²) in [7, 11) is 0. The zero-order chi connectivity index (χ0) is 13.9. The molecule has 1 aliphatic carbocycles. The van der Waals surface area contributed by atoms with Gasteiger partial charge in [0.25, 0.3) is 0 Å². The summed E-state index contributed by atoms with van der Waals surface area (Å²) in [6, 6.07) is 8.95. The summed E-state index contributed by atoms with van der Waals surface area (Å²) in [6.07, 6.45) is 4.73. The van der Waals surface area contributed by atoms with Crippen molar-refractivity contribution in [3.05, 3.63) is 29.8 Å². The van der Waals surface area contributed by atoms with Crippen LogP contribution in [0.1, 0.15) is 45.6 Å². The second-order valence-corrected chi connectivity index (χ2v) is 6.66. The Labute approximate surface area is 122 Å². The summed E-state index contributed by atoms with van der Waals surface area (Å²) in [5.74, 6) is 0. The second-order valence-electron chi connectivity index (χ2n) is 6.26. The Morgan fingerprint density at radius 1 is 1.42 bits per heavy atom. The summed E-state index contributed by atoms with van der Waals surface area (Å²) in [5, 5.41) is 7.48. The topological polar surface area (TPSA) is 24.1 Å². The van der Waals surface area contributed by atoms with E-state index in [-0.39, 0.29) is 0 Å². The number of anilines is 1. The van der Waals surface area contributed by atoms with E-state index in [1.807, 2.05) is 0 Å². The van der Waals surface area contributed by atoms with E-state index in [0.29, 0.717) is 11.5 Å². The van der Waals surface area contributed by atoms with Crippen LogP contribution < -0.4 is 10.6 Å². The zero-order valence-electron chi connectivity index (χ0n) is 12.1. The van der Waals surface area contributed by atoms with Gasteiger partial charge in [0.1, 0.15) is 0 Å². The van der Waals surface area contributed by atoms with E-state index in [0.717, 1.165) is 17.2 Å². The van der Waals surface area contributed by atoms with Gasteiger partial charge in [0.15, 0.2) is 5.11 Å². The molecular formula is C16H24N2S. The van der Waals surface area contributed by atoms with E-state index < -0.39 is 0 Å². The van der Waals surface area contributed by atoms with Crippen molar-refractivity contribution in [3.63, 3.8) is 0 Å². The standard InChI is InChI=1S/C16H24N2S/c1-4-12-6-5-7-13(10-12)17-15(19)18-14-8-9-16(2,3)11-14/h5-7,10,14H,4,8-9,11H2,1-3H3,(H2,17,18,19). The molecule has 1 aromatic carbocycles. The van der Waals surface area contributed by atoms with Gasteiger partial charge in [-0.1, -0.05) is 32.9 Å². The Balaban J connectivity index is 1.87. The van der Waals surface area contributed by atoms with Gasteiger partial charge in [0.05, 0.1) is 0 Å². The molecule has 1 atom stereocenters. The van der Waals surface area contributed by atoms with Gasteiger partial charge in [-0.15, -0.1) is 0 Å². The van der Waals surface area contributed by atoms with E-state index in [4.69, 9.17) is 12.2 Å². The molecule has 1 aliphatic rings. The average Bonchev–Trinajstić information content (AvgIpc) is 2.68. The molecule has 0 aromatic heterocycles. The minimum absolute atomic E-state index is 0.454. The monoisotopic (exact) mass is 276 g/mol. The van der Waals surface area contributed by atoms with E-state index in [2.05, 4.69) is 55.7 Å². The maximum Gasteiger partial charge on any atom is 0.170 e. The second kappa shape index (κ2) is 5.91. The lowest BCUT2D eigenvalue weighted by Crippen LogP contribution is -2.36. The molecule has 3 heteroatoms. The first-order valence-electron chi connectivity index (χ1n) is 7.15. The normalized spacial score (nSPS) is 21.1. The average molecular weight is 276 g/mol. The van der Waals surface area contributed by atoms with Gasteiger partial charge in [-0.25, -0.2) is 0 Å². The predicted molar refractivity (Wildman–Crippen MR) is 86.6 cm³/mol. The van der Waals surface area contributed by atoms with E-state index in [1.54, 1.807) is 0 Å². The summed E-state index contributed by atoms with van der Waals surface area (Å²) in [6.45, 7) is 6.82. The lowest BCUT2D eigenvalue weighted by atomic mass is 9.92. The van der Waals surface area contributed by atoms with Gasteiger partial charge in [0, 0.05) is 11.7 Å². The summed E-state index contributed by atoms with van der Waals surface area (Å²) < 4.78 is 0. The van der Waals surface area contributed by atoms with Crippen LogP contribution in [-0.2, 0) is 6.42 Å². The fraction of sp³-hybridized carbons (Fsp3) is 0.562. The van der Waals surface area contributed by atoms with Crippen LogP contribution in [0.2, 0.25) is 0 Å². The summed E-state index contributed by atoms with van der Waals surface area (Å²) in [4.78, 5) is 0. The van der Waals surface area contributed by atoms with Crippen molar-refractivity contribution in [3.8, 4) is 0 Å². The van der Waals surface area contributed by atoms with Crippen molar-refractivity contribution in [2.24, 2.45) is 5.41 Å². The third kappa shape index (κ3) is 4.20. The first kappa shape index (κ1) is 14.3.